The third-order valence-corrected chi connectivity index (χ3v) is 3.14. The zero-order valence-electron chi connectivity index (χ0n) is 11.4. The maximum Gasteiger partial charge on any atom is 0.410 e. The van der Waals surface area contributed by atoms with Crippen molar-refractivity contribution in [1.82, 2.24) is 4.90 Å². The molecule has 0 aromatic heterocycles. The van der Waals surface area contributed by atoms with E-state index in [1.807, 2.05) is 45.0 Å². The number of rotatable bonds is 2. The van der Waals surface area contributed by atoms with E-state index in [2.05, 4.69) is 15.9 Å². The smallest absolute Gasteiger partial charge is 0.410 e. The van der Waals surface area contributed by atoms with Crippen molar-refractivity contribution in [3.8, 4) is 5.75 Å². The van der Waals surface area contributed by atoms with Crippen molar-refractivity contribution < 1.29 is 14.3 Å². The van der Waals surface area contributed by atoms with Crippen LogP contribution in [0.1, 0.15) is 20.8 Å². The highest BCUT2D eigenvalue weighted by molar-refractivity contribution is 9.10. The van der Waals surface area contributed by atoms with E-state index in [0.29, 0.717) is 13.1 Å². The number of carbonyl (C=O) groups is 1. The fourth-order valence-corrected chi connectivity index (χ4v) is 1.96. The molecule has 4 nitrogen and oxygen atoms in total. The molecular weight excluding hydrogens is 310 g/mol. The lowest BCUT2D eigenvalue weighted by atomic mass is 10.1. The summed E-state index contributed by atoms with van der Waals surface area (Å²) in [6, 6.07) is 7.67. The molecule has 0 unspecified atom stereocenters. The van der Waals surface area contributed by atoms with Crippen molar-refractivity contribution in [2.24, 2.45) is 0 Å². The normalized spacial score (nSPS) is 15.9. The van der Waals surface area contributed by atoms with Crippen LogP contribution in [-0.2, 0) is 4.74 Å². The monoisotopic (exact) mass is 327 g/mol. The van der Waals surface area contributed by atoms with Gasteiger partial charge >= 0.3 is 6.09 Å². The third-order valence-electron chi connectivity index (χ3n) is 2.62. The van der Waals surface area contributed by atoms with Gasteiger partial charge in [-0.1, -0.05) is 15.9 Å². The Hall–Kier alpha value is -1.23. The molecule has 1 fully saturated rings. The van der Waals surface area contributed by atoms with Gasteiger partial charge in [0.2, 0.25) is 0 Å². The van der Waals surface area contributed by atoms with E-state index in [1.165, 1.54) is 0 Å². The molecule has 0 spiro atoms. The van der Waals surface area contributed by atoms with Gasteiger partial charge in [-0.2, -0.15) is 0 Å². The second-order valence-corrected chi connectivity index (χ2v) is 6.49. The van der Waals surface area contributed by atoms with Crippen molar-refractivity contribution in [3.05, 3.63) is 28.7 Å². The Morgan fingerprint density at radius 2 is 1.84 bits per heavy atom. The van der Waals surface area contributed by atoms with Crippen molar-refractivity contribution in [2.45, 2.75) is 32.5 Å². The van der Waals surface area contributed by atoms with Crippen molar-refractivity contribution >= 4 is 22.0 Å². The van der Waals surface area contributed by atoms with Gasteiger partial charge in [-0.25, -0.2) is 4.79 Å². The van der Waals surface area contributed by atoms with Gasteiger partial charge in [0.05, 0.1) is 13.1 Å². The zero-order chi connectivity index (χ0) is 14.0. The molecule has 0 saturated carbocycles. The van der Waals surface area contributed by atoms with Gasteiger partial charge in [0.25, 0.3) is 0 Å². The summed E-state index contributed by atoms with van der Waals surface area (Å²) in [5, 5.41) is 0. The fourth-order valence-electron chi connectivity index (χ4n) is 1.69. The lowest BCUT2D eigenvalue weighted by molar-refractivity contribution is -0.0221. The molecule has 1 heterocycles. The molecule has 1 aliphatic heterocycles. The molecule has 104 valence electrons. The molecule has 1 aliphatic rings. The summed E-state index contributed by atoms with van der Waals surface area (Å²) >= 11 is 3.37. The van der Waals surface area contributed by atoms with Crippen LogP contribution in [0.25, 0.3) is 0 Å². The first-order valence-corrected chi connectivity index (χ1v) is 7.03. The van der Waals surface area contributed by atoms with E-state index in [1.54, 1.807) is 4.90 Å². The Kier molecular flexibility index (Phi) is 4.04. The van der Waals surface area contributed by atoms with Crippen LogP contribution in [0.15, 0.2) is 28.7 Å². The Labute approximate surface area is 121 Å². The van der Waals surface area contributed by atoms with Crippen LogP contribution < -0.4 is 4.74 Å². The van der Waals surface area contributed by atoms with E-state index in [-0.39, 0.29) is 12.2 Å². The zero-order valence-corrected chi connectivity index (χ0v) is 12.9. The standard InChI is InChI=1S/C14H18BrNO3/c1-14(2,3)19-13(17)16-8-12(9-16)18-11-6-4-10(15)5-7-11/h4-7,12H,8-9H2,1-3H3. The number of benzene rings is 1. The first-order chi connectivity index (χ1) is 8.83. The summed E-state index contributed by atoms with van der Waals surface area (Å²) in [6.45, 7) is 6.73. The van der Waals surface area contributed by atoms with Gasteiger partial charge in [-0.3, -0.25) is 0 Å². The average Bonchev–Trinajstić information content (AvgIpc) is 2.22. The summed E-state index contributed by atoms with van der Waals surface area (Å²) in [7, 11) is 0. The van der Waals surface area contributed by atoms with Crippen LogP contribution in [0.2, 0.25) is 0 Å². The summed E-state index contributed by atoms with van der Waals surface area (Å²) < 4.78 is 12.0. The highest BCUT2D eigenvalue weighted by Crippen LogP contribution is 2.22. The molecule has 2 rings (SSSR count). The van der Waals surface area contributed by atoms with Crippen LogP contribution in [0.5, 0.6) is 5.75 Å². The third kappa shape index (κ3) is 4.13. The Morgan fingerprint density at radius 1 is 1.26 bits per heavy atom. The van der Waals surface area contributed by atoms with Gasteiger partial charge in [0, 0.05) is 4.47 Å². The highest BCUT2D eigenvalue weighted by atomic mass is 79.9. The van der Waals surface area contributed by atoms with Crippen molar-refractivity contribution in [3.63, 3.8) is 0 Å². The van der Waals surface area contributed by atoms with Gasteiger partial charge in [-0.05, 0) is 45.0 Å². The highest BCUT2D eigenvalue weighted by Gasteiger charge is 2.35. The summed E-state index contributed by atoms with van der Waals surface area (Å²) in [4.78, 5) is 13.4. The number of nitrogens with zero attached hydrogens (tertiary/aromatic N) is 1. The van der Waals surface area contributed by atoms with Gasteiger partial charge in [0.1, 0.15) is 17.5 Å². The fraction of sp³-hybridized carbons (Fsp3) is 0.500. The topological polar surface area (TPSA) is 38.8 Å². The maximum atomic E-state index is 11.7. The quantitative estimate of drug-likeness (QED) is 0.835. The minimum Gasteiger partial charge on any atom is -0.487 e. The Morgan fingerprint density at radius 3 is 2.37 bits per heavy atom. The maximum absolute atomic E-state index is 11.7. The van der Waals surface area contributed by atoms with Crippen LogP contribution in [0.4, 0.5) is 4.79 Å². The van der Waals surface area contributed by atoms with E-state index in [9.17, 15) is 4.79 Å². The molecule has 1 aromatic carbocycles. The molecule has 19 heavy (non-hydrogen) atoms. The van der Waals surface area contributed by atoms with Gasteiger partial charge in [0.15, 0.2) is 0 Å². The van der Waals surface area contributed by atoms with E-state index < -0.39 is 5.60 Å². The summed E-state index contributed by atoms with van der Waals surface area (Å²) in [5.41, 5.74) is -0.450. The molecule has 1 aromatic rings. The van der Waals surface area contributed by atoms with Crippen LogP contribution in [0, 0.1) is 0 Å². The number of ether oxygens (including phenoxy) is 2. The van der Waals surface area contributed by atoms with E-state index >= 15 is 0 Å². The molecule has 1 saturated heterocycles. The minimum absolute atomic E-state index is 0.0497. The lowest BCUT2D eigenvalue weighted by Gasteiger charge is -2.39. The number of hydrogen-bond donors (Lipinski definition) is 0. The molecule has 0 N–H and O–H groups in total. The molecule has 0 radical (unpaired) electrons. The predicted molar refractivity (Wildman–Crippen MR) is 76.4 cm³/mol. The van der Waals surface area contributed by atoms with Crippen molar-refractivity contribution in [1.29, 1.82) is 0 Å². The second-order valence-electron chi connectivity index (χ2n) is 5.58. The number of halogens is 1. The molecule has 1 amide bonds. The average molecular weight is 328 g/mol. The lowest BCUT2D eigenvalue weighted by Crippen LogP contribution is -2.57. The molecule has 0 bridgehead atoms. The van der Waals surface area contributed by atoms with Gasteiger partial charge < -0.3 is 14.4 Å². The second kappa shape index (κ2) is 5.41. The number of carbonyl (C=O) groups excluding carboxylic acids is 1. The van der Waals surface area contributed by atoms with E-state index in [4.69, 9.17) is 9.47 Å². The van der Waals surface area contributed by atoms with Crippen LogP contribution >= 0.6 is 15.9 Å². The van der Waals surface area contributed by atoms with Crippen LogP contribution in [-0.4, -0.2) is 35.8 Å². The molecule has 0 atom stereocenters. The molecule has 0 aliphatic carbocycles. The van der Waals surface area contributed by atoms with Gasteiger partial charge in [-0.15, -0.1) is 0 Å². The summed E-state index contributed by atoms with van der Waals surface area (Å²) in [5.74, 6) is 0.817. The molecular formula is C14H18BrNO3. The summed E-state index contributed by atoms with van der Waals surface area (Å²) in [6.07, 6.45) is -0.225. The van der Waals surface area contributed by atoms with E-state index in [0.717, 1.165) is 10.2 Å². The largest absolute Gasteiger partial charge is 0.487 e. The van der Waals surface area contributed by atoms with Crippen molar-refractivity contribution in [2.75, 3.05) is 13.1 Å². The SMILES string of the molecule is CC(C)(C)OC(=O)N1CC(Oc2ccc(Br)cc2)C1. The first kappa shape index (κ1) is 14.2. The Balaban J connectivity index is 1.77. The number of hydrogen-bond acceptors (Lipinski definition) is 3. The predicted octanol–water partition coefficient (Wildman–Crippen LogP) is 3.45. The first-order valence-electron chi connectivity index (χ1n) is 6.24. The molecule has 5 heteroatoms. The minimum atomic E-state index is -0.450. The number of likely N-dealkylation sites (tertiary alicyclic amines) is 1. The van der Waals surface area contributed by atoms with Crippen LogP contribution in [0.3, 0.4) is 0 Å². The number of amides is 1. The Bertz CT molecular complexity index is 447.